The van der Waals surface area contributed by atoms with Crippen molar-refractivity contribution in [2.24, 2.45) is 5.14 Å². The minimum atomic E-state index is -3.77. The van der Waals surface area contributed by atoms with Crippen molar-refractivity contribution in [2.45, 2.75) is 24.3 Å². The van der Waals surface area contributed by atoms with Gasteiger partial charge < -0.3 is 10.6 Å². The number of nitrogens with two attached hydrogens (primary N) is 1. The van der Waals surface area contributed by atoms with Gasteiger partial charge in [-0.15, -0.1) is 0 Å². The van der Waals surface area contributed by atoms with Gasteiger partial charge in [-0.1, -0.05) is 6.07 Å². The lowest BCUT2D eigenvalue weighted by atomic mass is 10.1. The number of nitrogens with one attached hydrogen (secondary N) is 2. The van der Waals surface area contributed by atoms with Crippen molar-refractivity contribution in [3.63, 3.8) is 0 Å². The molecule has 0 aliphatic carbocycles. The SMILES string of the molecule is Cc1ccc(S(N)(=O)=O)cc1NC(=O)CC1CSCCN1. The lowest BCUT2D eigenvalue weighted by Gasteiger charge is -2.22. The zero-order valence-electron chi connectivity index (χ0n) is 11.8. The molecule has 21 heavy (non-hydrogen) atoms. The predicted molar refractivity (Wildman–Crippen MR) is 84.9 cm³/mol. The number of carbonyl (C=O) groups excluding carboxylic acids is 1. The number of thioether (sulfide) groups is 1. The van der Waals surface area contributed by atoms with Crippen molar-refractivity contribution < 1.29 is 13.2 Å². The van der Waals surface area contributed by atoms with Gasteiger partial charge in [0.2, 0.25) is 15.9 Å². The molecule has 2 rings (SSSR count). The van der Waals surface area contributed by atoms with Crippen LogP contribution in [0.2, 0.25) is 0 Å². The van der Waals surface area contributed by atoms with Crippen molar-refractivity contribution in [1.29, 1.82) is 0 Å². The molecule has 1 aliphatic heterocycles. The molecule has 6 nitrogen and oxygen atoms in total. The number of benzene rings is 1. The van der Waals surface area contributed by atoms with E-state index in [4.69, 9.17) is 5.14 Å². The van der Waals surface area contributed by atoms with Crippen LogP contribution in [0.25, 0.3) is 0 Å². The first-order chi connectivity index (χ1) is 9.86. The summed E-state index contributed by atoms with van der Waals surface area (Å²) in [6, 6.07) is 4.61. The van der Waals surface area contributed by atoms with Crippen LogP contribution >= 0.6 is 11.8 Å². The second kappa shape index (κ2) is 6.78. The van der Waals surface area contributed by atoms with E-state index >= 15 is 0 Å². The van der Waals surface area contributed by atoms with Gasteiger partial charge in [0.15, 0.2) is 0 Å². The highest BCUT2D eigenvalue weighted by molar-refractivity contribution is 7.99. The number of carbonyl (C=O) groups is 1. The Bertz CT molecular complexity index is 626. The Morgan fingerprint density at radius 3 is 2.90 bits per heavy atom. The number of rotatable bonds is 4. The molecule has 1 fully saturated rings. The van der Waals surface area contributed by atoms with Gasteiger partial charge >= 0.3 is 0 Å². The van der Waals surface area contributed by atoms with E-state index in [-0.39, 0.29) is 16.8 Å². The smallest absolute Gasteiger partial charge is 0.238 e. The van der Waals surface area contributed by atoms with Crippen molar-refractivity contribution in [3.8, 4) is 0 Å². The van der Waals surface area contributed by atoms with Crippen molar-refractivity contribution in [3.05, 3.63) is 23.8 Å². The normalized spacial score (nSPS) is 19.2. The molecule has 1 atom stereocenters. The summed E-state index contributed by atoms with van der Waals surface area (Å²) in [5, 5.41) is 11.2. The van der Waals surface area contributed by atoms with Crippen LogP contribution in [-0.2, 0) is 14.8 Å². The molecule has 1 saturated heterocycles. The molecule has 1 aromatic rings. The summed E-state index contributed by atoms with van der Waals surface area (Å²) in [5.74, 6) is 1.83. The van der Waals surface area contributed by atoms with E-state index in [1.54, 1.807) is 13.0 Å². The number of sulfonamides is 1. The first kappa shape index (κ1) is 16.3. The monoisotopic (exact) mass is 329 g/mol. The number of anilines is 1. The number of amides is 1. The molecule has 116 valence electrons. The second-order valence-electron chi connectivity index (χ2n) is 5.00. The maximum Gasteiger partial charge on any atom is 0.238 e. The summed E-state index contributed by atoms with van der Waals surface area (Å²) in [5.41, 5.74) is 1.27. The summed E-state index contributed by atoms with van der Waals surface area (Å²) in [7, 11) is -3.77. The standard InChI is InChI=1S/C13H19N3O3S2/c1-9-2-3-11(21(14,18)19)7-12(9)16-13(17)6-10-8-20-5-4-15-10/h2-3,7,10,15H,4-6,8H2,1H3,(H,16,17)(H2,14,18,19). The van der Waals surface area contributed by atoms with E-state index in [1.807, 2.05) is 11.8 Å². The van der Waals surface area contributed by atoms with Crippen LogP contribution in [0.3, 0.4) is 0 Å². The molecule has 1 aliphatic rings. The number of aryl methyl sites for hydroxylation is 1. The molecule has 0 spiro atoms. The summed E-state index contributed by atoms with van der Waals surface area (Å²) < 4.78 is 22.7. The Morgan fingerprint density at radius 2 is 2.29 bits per heavy atom. The van der Waals surface area contributed by atoms with Crippen LogP contribution in [0.1, 0.15) is 12.0 Å². The Hall–Kier alpha value is -1.09. The predicted octanol–water partition coefficient (Wildman–Crippen LogP) is 0.676. The van der Waals surface area contributed by atoms with Crippen LogP contribution in [0.4, 0.5) is 5.69 Å². The Balaban J connectivity index is 2.06. The molecule has 1 aromatic carbocycles. The van der Waals surface area contributed by atoms with Gasteiger partial charge in [0, 0.05) is 36.2 Å². The average Bonchev–Trinajstić information content (AvgIpc) is 2.41. The fourth-order valence-corrected chi connectivity index (χ4v) is 3.58. The Morgan fingerprint density at radius 1 is 1.52 bits per heavy atom. The van der Waals surface area contributed by atoms with Crippen molar-refractivity contribution >= 4 is 33.4 Å². The van der Waals surface area contributed by atoms with Gasteiger partial charge in [-0.05, 0) is 24.6 Å². The third-order valence-electron chi connectivity index (χ3n) is 3.24. The molecule has 0 saturated carbocycles. The van der Waals surface area contributed by atoms with Crippen LogP contribution in [-0.4, -0.2) is 38.4 Å². The highest BCUT2D eigenvalue weighted by Gasteiger charge is 2.18. The largest absolute Gasteiger partial charge is 0.326 e. The lowest BCUT2D eigenvalue weighted by molar-refractivity contribution is -0.116. The van der Waals surface area contributed by atoms with E-state index in [0.29, 0.717) is 12.1 Å². The molecular formula is C13H19N3O3S2. The molecule has 4 N–H and O–H groups in total. The lowest BCUT2D eigenvalue weighted by Crippen LogP contribution is -2.39. The summed E-state index contributed by atoms with van der Waals surface area (Å²) >= 11 is 1.82. The molecule has 1 amide bonds. The van der Waals surface area contributed by atoms with E-state index < -0.39 is 10.0 Å². The summed E-state index contributed by atoms with van der Waals surface area (Å²) in [6.07, 6.45) is 0.367. The van der Waals surface area contributed by atoms with Gasteiger partial charge in [-0.2, -0.15) is 11.8 Å². The Labute approximate surface area is 128 Å². The maximum absolute atomic E-state index is 12.1. The number of hydrogen-bond acceptors (Lipinski definition) is 5. The first-order valence-corrected chi connectivity index (χ1v) is 9.31. The zero-order chi connectivity index (χ0) is 15.5. The van der Waals surface area contributed by atoms with Gasteiger partial charge in [0.05, 0.1) is 4.90 Å². The Kier molecular flexibility index (Phi) is 5.26. The molecule has 8 heteroatoms. The minimum absolute atomic E-state index is 0.00486. The minimum Gasteiger partial charge on any atom is -0.326 e. The molecule has 0 radical (unpaired) electrons. The summed E-state index contributed by atoms with van der Waals surface area (Å²) in [4.78, 5) is 12.0. The highest BCUT2D eigenvalue weighted by atomic mass is 32.2. The fraction of sp³-hybridized carbons (Fsp3) is 0.462. The van der Waals surface area contributed by atoms with Gasteiger partial charge in [0.1, 0.15) is 0 Å². The van der Waals surface area contributed by atoms with Gasteiger partial charge in [-0.3, -0.25) is 4.79 Å². The van der Waals surface area contributed by atoms with Gasteiger partial charge in [-0.25, -0.2) is 13.6 Å². The van der Waals surface area contributed by atoms with Crippen molar-refractivity contribution in [2.75, 3.05) is 23.4 Å². The van der Waals surface area contributed by atoms with E-state index in [9.17, 15) is 13.2 Å². The highest BCUT2D eigenvalue weighted by Crippen LogP contribution is 2.20. The van der Waals surface area contributed by atoms with E-state index in [0.717, 1.165) is 23.6 Å². The quantitative estimate of drug-likeness (QED) is 0.754. The molecule has 1 unspecified atom stereocenters. The molecular weight excluding hydrogens is 310 g/mol. The number of primary sulfonamides is 1. The average molecular weight is 329 g/mol. The van der Waals surface area contributed by atoms with E-state index in [1.165, 1.54) is 12.1 Å². The molecule has 0 aromatic heterocycles. The maximum atomic E-state index is 12.1. The fourth-order valence-electron chi connectivity index (χ4n) is 2.09. The topological polar surface area (TPSA) is 101 Å². The van der Waals surface area contributed by atoms with Gasteiger partial charge in [0.25, 0.3) is 0 Å². The summed E-state index contributed by atoms with van der Waals surface area (Å²) in [6.45, 7) is 2.71. The van der Waals surface area contributed by atoms with Crippen molar-refractivity contribution in [1.82, 2.24) is 5.32 Å². The zero-order valence-corrected chi connectivity index (χ0v) is 13.4. The molecule has 1 heterocycles. The van der Waals surface area contributed by atoms with Crippen LogP contribution in [0.5, 0.6) is 0 Å². The third-order valence-corrected chi connectivity index (χ3v) is 5.28. The van der Waals surface area contributed by atoms with Crippen LogP contribution in [0.15, 0.2) is 23.1 Å². The number of hydrogen-bond donors (Lipinski definition) is 3. The van der Waals surface area contributed by atoms with Crippen LogP contribution in [0, 0.1) is 6.92 Å². The first-order valence-electron chi connectivity index (χ1n) is 6.60. The van der Waals surface area contributed by atoms with E-state index in [2.05, 4.69) is 10.6 Å². The molecule has 0 bridgehead atoms. The second-order valence-corrected chi connectivity index (χ2v) is 7.71. The van der Waals surface area contributed by atoms with Crippen LogP contribution < -0.4 is 15.8 Å². The third kappa shape index (κ3) is 4.70.